The maximum atomic E-state index is 13.1. The van der Waals surface area contributed by atoms with Gasteiger partial charge in [0.25, 0.3) is 0 Å². The van der Waals surface area contributed by atoms with Crippen LogP contribution in [0.2, 0.25) is 0 Å². The Balaban J connectivity index is 1.94. The van der Waals surface area contributed by atoms with Crippen LogP contribution in [0.3, 0.4) is 0 Å². The van der Waals surface area contributed by atoms with Crippen molar-refractivity contribution in [2.45, 2.75) is 26.4 Å². The number of nitrogens with zero attached hydrogens (tertiary/aromatic N) is 3. The molecule has 5 nitrogen and oxygen atoms in total. The molecule has 19 heavy (non-hydrogen) atoms. The summed E-state index contributed by atoms with van der Waals surface area (Å²) < 4.78 is 14.8. The molecule has 0 aliphatic rings. The quantitative estimate of drug-likeness (QED) is 0.834. The minimum atomic E-state index is -0.264. The highest BCUT2D eigenvalue weighted by molar-refractivity contribution is 5.50. The molecule has 2 rings (SSSR count). The second kappa shape index (κ2) is 6.29. The summed E-state index contributed by atoms with van der Waals surface area (Å²) in [4.78, 5) is 0. The summed E-state index contributed by atoms with van der Waals surface area (Å²) in [7, 11) is 0. The Labute approximate surface area is 111 Å². The monoisotopic (exact) mass is 264 g/mol. The van der Waals surface area contributed by atoms with Crippen molar-refractivity contribution in [2.75, 3.05) is 11.9 Å². The molecule has 0 fully saturated rings. The molecule has 0 atom stereocenters. The van der Waals surface area contributed by atoms with Gasteiger partial charge in [-0.05, 0) is 31.0 Å². The fourth-order valence-corrected chi connectivity index (χ4v) is 1.73. The van der Waals surface area contributed by atoms with E-state index in [1.807, 2.05) is 13.1 Å². The first-order chi connectivity index (χ1) is 9.19. The summed E-state index contributed by atoms with van der Waals surface area (Å²) in [6.07, 6.45) is 2.47. The molecule has 0 saturated heterocycles. The van der Waals surface area contributed by atoms with Crippen LogP contribution in [0.15, 0.2) is 24.4 Å². The van der Waals surface area contributed by atoms with Crippen molar-refractivity contribution in [3.8, 4) is 0 Å². The number of benzene rings is 1. The van der Waals surface area contributed by atoms with Crippen molar-refractivity contribution in [1.82, 2.24) is 15.0 Å². The maximum Gasteiger partial charge on any atom is 0.125 e. The van der Waals surface area contributed by atoms with Gasteiger partial charge in [0, 0.05) is 18.8 Å². The van der Waals surface area contributed by atoms with Gasteiger partial charge >= 0.3 is 0 Å². The molecule has 0 bridgehead atoms. The summed E-state index contributed by atoms with van der Waals surface area (Å²) in [5.74, 6) is -0.264. The molecular formula is C13H17FN4O. The van der Waals surface area contributed by atoms with Crippen molar-refractivity contribution in [3.05, 3.63) is 41.5 Å². The number of hydrogen-bond donors (Lipinski definition) is 2. The molecule has 0 radical (unpaired) electrons. The third kappa shape index (κ3) is 3.75. The van der Waals surface area contributed by atoms with E-state index in [4.69, 9.17) is 5.11 Å². The first kappa shape index (κ1) is 13.5. The highest BCUT2D eigenvalue weighted by Gasteiger charge is 2.03. The van der Waals surface area contributed by atoms with Gasteiger partial charge < -0.3 is 10.4 Å². The first-order valence-electron chi connectivity index (χ1n) is 6.19. The molecule has 1 aromatic carbocycles. The van der Waals surface area contributed by atoms with Crippen LogP contribution < -0.4 is 5.32 Å². The van der Waals surface area contributed by atoms with Crippen LogP contribution in [0.5, 0.6) is 0 Å². The predicted octanol–water partition coefficient (Wildman–Crippen LogP) is 1.72. The van der Waals surface area contributed by atoms with Crippen LogP contribution in [0.4, 0.5) is 10.1 Å². The molecular weight excluding hydrogens is 247 g/mol. The van der Waals surface area contributed by atoms with Gasteiger partial charge in [0.15, 0.2) is 0 Å². The third-order valence-electron chi connectivity index (χ3n) is 2.79. The number of halogens is 1. The van der Waals surface area contributed by atoms with Crippen molar-refractivity contribution in [2.24, 2.45) is 0 Å². The van der Waals surface area contributed by atoms with Gasteiger partial charge in [0.1, 0.15) is 11.5 Å². The average molecular weight is 264 g/mol. The summed E-state index contributed by atoms with van der Waals surface area (Å²) >= 11 is 0. The van der Waals surface area contributed by atoms with Gasteiger partial charge in [-0.1, -0.05) is 11.3 Å². The van der Waals surface area contributed by atoms with Crippen LogP contribution in [0.1, 0.15) is 17.7 Å². The van der Waals surface area contributed by atoms with E-state index in [1.165, 1.54) is 12.1 Å². The van der Waals surface area contributed by atoms with Gasteiger partial charge in [-0.2, -0.15) is 0 Å². The lowest BCUT2D eigenvalue weighted by Crippen LogP contribution is -2.02. The predicted molar refractivity (Wildman–Crippen MR) is 70.2 cm³/mol. The van der Waals surface area contributed by atoms with E-state index in [9.17, 15) is 4.39 Å². The molecule has 0 spiro atoms. The van der Waals surface area contributed by atoms with Gasteiger partial charge in [0.2, 0.25) is 0 Å². The fourth-order valence-electron chi connectivity index (χ4n) is 1.73. The number of rotatable bonds is 6. The maximum absolute atomic E-state index is 13.1. The molecule has 2 N–H and O–H groups in total. The Morgan fingerprint density at radius 3 is 3.05 bits per heavy atom. The Kier molecular flexibility index (Phi) is 4.46. The molecule has 102 valence electrons. The molecule has 1 heterocycles. The zero-order chi connectivity index (χ0) is 13.7. The van der Waals surface area contributed by atoms with Crippen LogP contribution >= 0.6 is 0 Å². The van der Waals surface area contributed by atoms with E-state index < -0.39 is 0 Å². The summed E-state index contributed by atoms with van der Waals surface area (Å²) in [6.45, 7) is 3.18. The standard InChI is InChI=1S/C13H17FN4O/c1-10-3-4-11(14)7-13(10)15-8-12-9-18(17-16-12)5-2-6-19/h3-4,7,9,15,19H,2,5-6,8H2,1H3. The first-order valence-corrected chi connectivity index (χ1v) is 6.19. The molecule has 2 aromatic rings. The smallest absolute Gasteiger partial charge is 0.125 e. The van der Waals surface area contributed by atoms with Crippen LogP contribution in [0.25, 0.3) is 0 Å². The number of nitrogens with one attached hydrogen (secondary N) is 1. The summed E-state index contributed by atoms with van der Waals surface area (Å²) in [5.41, 5.74) is 2.51. The number of aromatic nitrogens is 3. The second-order valence-electron chi connectivity index (χ2n) is 4.36. The van der Waals surface area contributed by atoms with E-state index in [0.717, 1.165) is 16.9 Å². The SMILES string of the molecule is Cc1ccc(F)cc1NCc1cn(CCCO)nn1. The van der Waals surface area contributed by atoms with E-state index in [0.29, 0.717) is 19.5 Å². The van der Waals surface area contributed by atoms with Gasteiger partial charge in [-0.3, -0.25) is 4.68 Å². The van der Waals surface area contributed by atoms with Crippen LogP contribution in [-0.4, -0.2) is 26.7 Å². The Hall–Kier alpha value is -1.95. The normalized spacial score (nSPS) is 10.7. The topological polar surface area (TPSA) is 63.0 Å². The number of aryl methyl sites for hydroxylation is 2. The lowest BCUT2D eigenvalue weighted by molar-refractivity contribution is 0.276. The Bertz CT molecular complexity index is 541. The molecule has 0 unspecified atom stereocenters. The van der Waals surface area contributed by atoms with Crippen LogP contribution in [-0.2, 0) is 13.1 Å². The molecule has 0 aliphatic heterocycles. The van der Waals surface area contributed by atoms with Gasteiger partial charge in [-0.15, -0.1) is 5.10 Å². The lowest BCUT2D eigenvalue weighted by atomic mass is 10.2. The summed E-state index contributed by atoms with van der Waals surface area (Å²) in [6, 6.07) is 4.63. The molecule has 6 heteroatoms. The second-order valence-corrected chi connectivity index (χ2v) is 4.36. The Morgan fingerprint density at radius 2 is 2.26 bits per heavy atom. The number of aliphatic hydroxyl groups excluding tert-OH is 1. The number of anilines is 1. The highest BCUT2D eigenvalue weighted by Crippen LogP contribution is 2.16. The number of hydrogen-bond acceptors (Lipinski definition) is 4. The zero-order valence-electron chi connectivity index (χ0n) is 10.8. The van der Waals surface area contributed by atoms with Crippen molar-refractivity contribution in [3.63, 3.8) is 0 Å². The average Bonchev–Trinajstić information content (AvgIpc) is 2.85. The number of aliphatic hydroxyl groups is 1. The largest absolute Gasteiger partial charge is 0.396 e. The van der Waals surface area contributed by atoms with E-state index in [1.54, 1.807) is 10.7 Å². The molecule has 0 amide bonds. The highest BCUT2D eigenvalue weighted by atomic mass is 19.1. The molecule has 1 aromatic heterocycles. The zero-order valence-corrected chi connectivity index (χ0v) is 10.8. The summed E-state index contributed by atoms with van der Waals surface area (Å²) in [5, 5.41) is 19.8. The Morgan fingerprint density at radius 1 is 1.42 bits per heavy atom. The van der Waals surface area contributed by atoms with Crippen molar-refractivity contribution >= 4 is 5.69 Å². The van der Waals surface area contributed by atoms with Gasteiger partial charge in [-0.25, -0.2) is 4.39 Å². The van der Waals surface area contributed by atoms with Crippen molar-refractivity contribution < 1.29 is 9.50 Å². The van der Waals surface area contributed by atoms with Gasteiger partial charge in [0.05, 0.1) is 12.7 Å². The fraction of sp³-hybridized carbons (Fsp3) is 0.385. The van der Waals surface area contributed by atoms with E-state index in [2.05, 4.69) is 15.6 Å². The van der Waals surface area contributed by atoms with E-state index >= 15 is 0 Å². The molecule has 0 aliphatic carbocycles. The third-order valence-corrected chi connectivity index (χ3v) is 2.79. The minimum absolute atomic E-state index is 0.135. The van der Waals surface area contributed by atoms with E-state index in [-0.39, 0.29) is 12.4 Å². The minimum Gasteiger partial charge on any atom is -0.396 e. The van der Waals surface area contributed by atoms with Crippen LogP contribution in [0, 0.1) is 12.7 Å². The lowest BCUT2D eigenvalue weighted by Gasteiger charge is -2.07. The molecule has 0 saturated carbocycles. The van der Waals surface area contributed by atoms with Crippen molar-refractivity contribution in [1.29, 1.82) is 0 Å².